The van der Waals surface area contributed by atoms with Crippen LogP contribution in [0.1, 0.15) is 43.0 Å². The van der Waals surface area contributed by atoms with Crippen LogP contribution in [0.4, 0.5) is 0 Å². The second-order valence-electron chi connectivity index (χ2n) is 5.77. The minimum atomic E-state index is -0.931. The van der Waals surface area contributed by atoms with E-state index in [-0.39, 0.29) is 5.56 Å². The van der Waals surface area contributed by atoms with E-state index >= 15 is 0 Å². The first kappa shape index (κ1) is 12.1. The quantitative estimate of drug-likeness (QED) is 0.920. The van der Waals surface area contributed by atoms with Gasteiger partial charge < -0.3 is 5.11 Å². The summed E-state index contributed by atoms with van der Waals surface area (Å²) in [5, 5.41) is 17.2. The molecule has 1 aliphatic carbocycles. The van der Waals surface area contributed by atoms with Crippen LogP contribution in [0.5, 0.6) is 0 Å². The van der Waals surface area contributed by atoms with E-state index in [2.05, 4.69) is 17.2 Å². The first-order valence-electron chi connectivity index (χ1n) is 6.64. The Morgan fingerprint density at radius 3 is 2.84 bits per heavy atom. The Kier molecular flexibility index (Phi) is 2.77. The van der Waals surface area contributed by atoms with Gasteiger partial charge in [-0.3, -0.25) is 0 Å². The molecule has 19 heavy (non-hydrogen) atoms. The molecule has 1 heterocycles. The SMILES string of the molecule is CC1(Cn2nnc3cc(C(=O)O)ccc32)CCCC1. The number of aromatic carboxylic acids is 1. The highest BCUT2D eigenvalue weighted by Gasteiger charge is 2.30. The molecule has 1 fully saturated rings. The normalized spacial score (nSPS) is 17.9. The van der Waals surface area contributed by atoms with Gasteiger partial charge in [0.25, 0.3) is 0 Å². The lowest BCUT2D eigenvalue weighted by Crippen LogP contribution is -2.20. The Morgan fingerprint density at radius 2 is 2.16 bits per heavy atom. The highest BCUT2D eigenvalue weighted by Crippen LogP contribution is 2.39. The van der Waals surface area contributed by atoms with Crippen molar-refractivity contribution in [1.82, 2.24) is 15.0 Å². The number of aromatic nitrogens is 3. The molecule has 0 bridgehead atoms. The molecular weight excluding hydrogens is 242 g/mol. The maximum atomic E-state index is 10.9. The molecule has 0 aliphatic heterocycles. The van der Waals surface area contributed by atoms with E-state index in [1.807, 2.05) is 4.68 Å². The van der Waals surface area contributed by atoms with E-state index < -0.39 is 5.97 Å². The summed E-state index contributed by atoms with van der Waals surface area (Å²) in [5.41, 5.74) is 2.12. The largest absolute Gasteiger partial charge is 0.478 e. The number of carboxylic acids is 1. The molecule has 0 saturated heterocycles. The van der Waals surface area contributed by atoms with Crippen LogP contribution < -0.4 is 0 Å². The number of nitrogens with zero attached hydrogens (tertiary/aromatic N) is 3. The second-order valence-corrected chi connectivity index (χ2v) is 5.77. The number of hydrogen-bond donors (Lipinski definition) is 1. The van der Waals surface area contributed by atoms with E-state index in [0.717, 1.165) is 12.1 Å². The Balaban J connectivity index is 1.94. The maximum absolute atomic E-state index is 10.9. The average molecular weight is 259 g/mol. The molecule has 3 rings (SSSR count). The smallest absolute Gasteiger partial charge is 0.335 e. The molecule has 0 unspecified atom stereocenters. The van der Waals surface area contributed by atoms with Crippen LogP contribution in [0.25, 0.3) is 11.0 Å². The van der Waals surface area contributed by atoms with Crippen LogP contribution in [0.2, 0.25) is 0 Å². The van der Waals surface area contributed by atoms with Crippen molar-refractivity contribution in [2.24, 2.45) is 5.41 Å². The zero-order valence-electron chi connectivity index (χ0n) is 11.0. The Morgan fingerprint density at radius 1 is 1.42 bits per heavy atom. The van der Waals surface area contributed by atoms with Gasteiger partial charge in [0.1, 0.15) is 5.52 Å². The zero-order chi connectivity index (χ0) is 13.5. The molecule has 1 aliphatic rings. The number of rotatable bonds is 3. The van der Waals surface area contributed by atoms with E-state index in [1.165, 1.54) is 25.7 Å². The lowest BCUT2D eigenvalue weighted by Gasteiger charge is -2.23. The van der Waals surface area contributed by atoms with Crippen LogP contribution >= 0.6 is 0 Å². The van der Waals surface area contributed by atoms with Crippen molar-refractivity contribution in [2.75, 3.05) is 0 Å². The summed E-state index contributed by atoms with van der Waals surface area (Å²) in [7, 11) is 0. The molecule has 1 saturated carbocycles. The van der Waals surface area contributed by atoms with Gasteiger partial charge in [0.05, 0.1) is 11.1 Å². The average Bonchev–Trinajstić information content (AvgIpc) is 2.97. The van der Waals surface area contributed by atoms with Crippen LogP contribution in [-0.4, -0.2) is 26.1 Å². The molecule has 5 nitrogen and oxygen atoms in total. The zero-order valence-corrected chi connectivity index (χ0v) is 11.0. The van der Waals surface area contributed by atoms with E-state index in [4.69, 9.17) is 5.11 Å². The Bertz CT molecular complexity index is 627. The summed E-state index contributed by atoms with van der Waals surface area (Å²) >= 11 is 0. The second kappa shape index (κ2) is 4.33. The van der Waals surface area contributed by atoms with Crippen molar-refractivity contribution in [3.63, 3.8) is 0 Å². The highest BCUT2D eigenvalue weighted by molar-refractivity contribution is 5.92. The van der Waals surface area contributed by atoms with Gasteiger partial charge in [0.15, 0.2) is 0 Å². The van der Waals surface area contributed by atoms with Crippen molar-refractivity contribution in [2.45, 2.75) is 39.2 Å². The number of carbonyl (C=O) groups is 1. The molecule has 5 heteroatoms. The van der Waals surface area contributed by atoms with Gasteiger partial charge in [0, 0.05) is 6.54 Å². The third kappa shape index (κ3) is 2.20. The standard InChI is InChI=1S/C14H17N3O2/c1-14(6-2-3-7-14)9-17-12-5-4-10(13(18)19)8-11(12)15-16-17/h4-5,8H,2-3,6-7,9H2,1H3,(H,18,19). The molecule has 2 aromatic rings. The van der Waals surface area contributed by atoms with Crippen LogP contribution in [-0.2, 0) is 6.54 Å². The van der Waals surface area contributed by atoms with Gasteiger partial charge >= 0.3 is 5.97 Å². The monoisotopic (exact) mass is 259 g/mol. The van der Waals surface area contributed by atoms with Crippen LogP contribution in [0.15, 0.2) is 18.2 Å². The minimum Gasteiger partial charge on any atom is -0.478 e. The number of hydrogen-bond acceptors (Lipinski definition) is 3. The molecule has 1 aromatic heterocycles. The summed E-state index contributed by atoms with van der Waals surface area (Å²) in [5.74, 6) is -0.931. The molecule has 0 radical (unpaired) electrons. The van der Waals surface area contributed by atoms with Crippen molar-refractivity contribution >= 4 is 17.0 Å². The fourth-order valence-electron chi connectivity index (χ4n) is 2.97. The van der Waals surface area contributed by atoms with Crippen molar-refractivity contribution in [3.05, 3.63) is 23.8 Å². The van der Waals surface area contributed by atoms with E-state index in [1.54, 1.807) is 18.2 Å². The van der Waals surface area contributed by atoms with E-state index in [0.29, 0.717) is 10.9 Å². The van der Waals surface area contributed by atoms with E-state index in [9.17, 15) is 4.79 Å². The molecule has 100 valence electrons. The molecular formula is C14H17N3O2. The van der Waals surface area contributed by atoms with Gasteiger partial charge in [-0.15, -0.1) is 5.10 Å². The maximum Gasteiger partial charge on any atom is 0.335 e. The predicted octanol–water partition coefficient (Wildman–Crippen LogP) is 2.71. The van der Waals surface area contributed by atoms with Crippen molar-refractivity contribution in [1.29, 1.82) is 0 Å². The van der Waals surface area contributed by atoms with Gasteiger partial charge in [0.2, 0.25) is 0 Å². The molecule has 1 aromatic carbocycles. The van der Waals surface area contributed by atoms with Crippen molar-refractivity contribution in [3.8, 4) is 0 Å². The first-order chi connectivity index (χ1) is 9.07. The summed E-state index contributed by atoms with van der Waals surface area (Å²) in [6.45, 7) is 3.15. The summed E-state index contributed by atoms with van der Waals surface area (Å²) in [6.07, 6.45) is 5.02. The highest BCUT2D eigenvalue weighted by atomic mass is 16.4. The summed E-state index contributed by atoms with van der Waals surface area (Å²) < 4.78 is 1.91. The predicted molar refractivity (Wildman–Crippen MR) is 71.1 cm³/mol. The molecule has 0 spiro atoms. The fraction of sp³-hybridized carbons (Fsp3) is 0.500. The number of fused-ring (bicyclic) bond motifs is 1. The Labute approximate surface area is 111 Å². The van der Waals surface area contributed by atoms with Gasteiger partial charge in [-0.05, 0) is 36.5 Å². The van der Waals surface area contributed by atoms with Gasteiger partial charge in [-0.1, -0.05) is 25.0 Å². The third-order valence-corrected chi connectivity index (χ3v) is 4.10. The first-order valence-corrected chi connectivity index (χ1v) is 6.64. The molecule has 0 atom stereocenters. The molecule has 0 amide bonds. The third-order valence-electron chi connectivity index (χ3n) is 4.10. The number of benzene rings is 1. The van der Waals surface area contributed by atoms with Crippen molar-refractivity contribution < 1.29 is 9.90 Å². The van der Waals surface area contributed by atoms with Gasteiger partial charge in [-0.25, -0.2) is 9.48 Å². The van der Waals surface area contributed by atoms with Gasteiger partial charge in [-0.2, -0.15) is 0 Å². The topological polar surface area (TPSA) is 68.0 Å². The van der Waals surface area contributed by atoms with Crippen LogP contribution in [0.3, 0.4) is 0 Å². The molecule has 1 N–H and O–H groups in total. The summed E-state index contributed by atoms with van der Waals surface area (Å²) in [6, 6.07) is 5.00. The lowest BCUT2D eigenvalue weighted by molar-refractivity contribution is 0.0697. The minimum absolute atomic E-state index is 0.256. The lowest BCUT2D eigenvalue weighted by atomic mass is 9.89. The fourth-order valence-corrected chi connectivity index (χ4v) is 2.97. The van der Waals surface area contributed by atoms with Crippen LogP contribution in [0, 0.1) is 5.41 Å². The Hall–Kier alpha value is -1.91. The summed E-state index contributed by atoms with van der Waals surface area (Å²) in [4.78, 5) is 10.9. The number of carboxylic acid groups (broad SMARTS) is 1.